The molecule has 5 nitrogen and oxygen atoms in total. The summed E-state index contributed by atoms with van der Waals surface area (Å²) in [5.74, 6) is 0.452. The van der Waals surface area contributed by atoms with Gasteiger partial charge in [0.2, 0.25) is 17.0 Å². The number of carbonyl (C=O) groups is 1. The fraction of sp³-hybridized carbons (Fsp3) is 0.238. The lowest BCUT2D eigenvalue weighted by Gasteiger charge is -2.23. The van der Waals surface area contributed by atoms with Gasteiger partial charge in [0.05, 0.1) is 26.2 Å². The number of allylic oxidation sites excluding steroid dienone is 1. The van der Waals surface area contributed by atoms with Gasteiger partial charge in [-0.2, -0.15) is 4.99 Å². The van der Waals surface area contributed by atoms with Gasteiger partial charge in [-0.25, -0.2) is 4.21 Å². The lowest BCUT2D eigenvalue weighted by molar-refractivity contribution is -0.105. The van der Waals surface area contributed by atoms with Crippen LogP contribution in [0.5, 0.6) is 0 Å². The maximum Gasteiger partial charge on any atom is 0.242 e. The summed E-state index contributed by atoms with van der Waals surface area (Å²) in [5, 5.41) is 0.814. The van der Waals surface area contributed by atoms with E-state index in [2.05, 4.69) is 4.99 Å². The number of nitrogens with zero attached hydrogens (tertiary/aromatic N) is 2. The van der Waals surface area contributed by atoms with Gasteiger partial charge < -0.3 is 9.08 Å². The van der Waals surface area contributed by atoms with Gasteiger partial charge in [-0.1, -0.05) is 47.0 Å². The second kappa shape index (κ2) is 10.1. The molecular weight excluding hydrogens is 431 g/mol. The largest absolute Gasteiger partial charge is 0.376 e. The quantitative estimate of drug-likeness (QED) is 0.187. The topological polar surface area (TPSA) is 59.0 Å². The lowest BCUT2D eigenvalue weighted by atomic mass is 10.2. The molecule has 0 radical (unpaired) electrons. The molecule has 2 rings (SSSR count). The maximum atomic E-state index is 12.6. The molecule has 0 saturated carbocycles. The third-order valence-corrected chi connectivity index (χ3v) is 6.00. The number of carbonyl (C=O) groups excluding carboxylic acids is 1. The van der Waals surface area contributed by atoms with Gasteiger partial charge in [0.15, 0.2) is 6.29 Å². The molecule has 29 heavy (non-hydrogen) atoms. The molecule has 2 aromatic rings. The average molecular weight is 453 g/mol. The third-order valence-electron chi connectivity index (χ3n) is 4.24. The first-order valence-corrected chi connectivity index (χ1v) is 10.5. The van der Waals surface area contributed by atoms with Crippen LogP contribution in [-0.2, 0) is 20.1 Å². The molecule has 0 bridgehead atoms. The number of amidine groups is 1. The average Bonchev–Trinajstić information content (AvgIpc) is 2.70. The first-order valence-electron chi connectivity index (χ1n) is 8.72. The Balaban J connectivity index is 2.37. The second-order valence-corrected chi connectivity index (χ2v) is 8.37. The van der Waals surface area contributed by atoms with E-state index in [1.165, 1.54) is 0 Å². The first kappa shape index (κ1) is 23.1. The number of hydrogen-bond donors (Lipinski definition) is 0. The molecule has 1 atom stereocenters. The van der Waals surface area contributed by atoms with E-state index in [9.17, 15) is 9.00 Å². The summed E-state index contributed by atoms with van der Waals surface area (Å²) in [5.41, 5.74) is 2.84. The van der Waals surface area contributed by atoms with Crippen molar-refractivity contribution in [3.63, 3.8) is 0 Å². The molecule has 2 aromatic carbocycles. The SMILES string of the molecule is CC(=N/C(OS(=O)c1ccc(C)cc1)=C(/C)C=O)N(C)c1c(C)ccc(Cl)c1Cl. The zero-order chi connectivity index (χ0) is 21.7. The molecule has 0 N–H and O–H groups in total. The highest BCUT2D eigenvalue weighted by molar-refractivity contribution is 7.80. The summed E-state index contributed by atoms with van der Waals surface area (Å²) < 4.78 is 18.1. The minimum absolute atomic E-state index is 0.0286. The standard InChI is InChI=1S/C21H22Cl2N2O3S/c1-13-6-9-17(10-7-13)29(27)28-21(15(3)12-26)24-16(4)25(5)20-14(2)8-11-18(22)19(20)23/h6-12H,1-5H3/b21-15+,24-16?. The Morgan fingerprint density at radius 2 is 1.72 bits per heavy atom. The van der Waals surface area contributed by atoms with Crippen molar-refractivity contribution < 1.29 is 13.2 Å². The Morgan fingerprint density at radius 3 is 2.31 bits per heavy atom. The number of halogens is 2. The Labute approximate surface area is 183 Å². The van der Waals surface area contributed by atoms with E-state index < -0.39 is 11.1 Å². The van der Waals surface area contributed by atoms with Gasteiger partial charge in [-0.15, -0.1) is 0 Å². The highest BCUT2D eigenvalue weighted by Crippen LogP contribution is 2.35. The van der Waals surface area contributed by atoms with Crippen molar-refractivity contribution in [1.29, 1.82) is 0 Å². The lowest BCUT2D eigenvalue weighted by Crippen LogP contribution is -2.25. The van der Waals surface area contributed by atoms with Gasteiger partial charge >= 0.3 is 0 Å². The molecule has 1 unspecified atom stereocenters. The number of benzene rings is 2. The zero-order valence-electron chi connectivity index (χ0n) is 16.8. The van der Waals surface area contributed by atoms with E-state index in [0.29, 0.717) is 32.7 Å². The number of anilines is 1. The number of aryl methyl sites for hydroxylation is 2. The van der Waals surface area contributed by atoms with Gasteiger partial charge in [0.25, 0.3) is 0 Å². The summed E-state index contributed by atoms with van der Waals surface area (Å²) in [6.07, 6.45) is 0.607. The van der Waals surface area contributed by atoms with Crippen LogP contribution in [0.1, 0.15) is 25.0 Å². The fourth-order valence-corrected chi connectivity index (χ4v) is 3.68. The Morgan fingerprint density at radius 1 is 1.10 bits per heavy atom. The molecule has 0 amide bonds. The fourth-order valence-electron chi connectivity index (χ4n) is 2.42. The Bertz CT molecular complexity index is 1000. The first-order chi connectivity index (χ1) is 13.6. The molecule has 154 valence electrons. The Kier molecular flexibility index (Phi) is 8.02. The molecular formula is C21H22Cl2N2O3S. The number of aliphatic imine (C=N–C) groups is 1. The van der Waals surface area contributed by atoms with E-state index in [0.717, 1.165) is 11.1 Å². The van der Waals surface area contributed by atoms with E-state index >= 15 is 0 Å². The van der Waals surface area contributed by atoms with Crippen LogP contribution in [0.15, 0.2) is 57.7 Å². The maximum absolute atomic E-state index is 12.6. The highest BCUT2D eigenvalue weighted by Gasteiger charge is 2.17. The molecule has 8 heteroatoms. The van der Waals surface area contributed by atoms with Crippen molar-refractivity contribution in [3.8, 4) is 0 Å². The number of rotatable bonds is 6. The predicted molar refractivity (Wildman–Crippen MR) is 120 cm³/mol. The summed E-state index contributed by atoms with van der Waals surface area (Å²) >= 11 is 10.7. The molecule has 0 saturated heterocycles. The molecule has 0 spiro atoms. The number of hydrogen-bond acceptors (Lipinski definition) is 4. The molecule has 0 aliphatic rings. The molecule has 0 aliphatic heterocycles. The van der Waals surface area contributed by atoms with Crippen LogP contribution in [0, 0.1) is 13.8 Å². The van der Waals surface area contributed by atoms with E-state index in [-0.39, 0.29) is 11.5 Å². The van der Waals surface area contributed by atoms with E-state index in [4.69, 9.17) is 27.4 Å². The van der Waals surface area contributed by atoms with Crippen LogP contribution < -0.4 is 4.90 Å². The van der Waals surface area contributed by atoms with Gasteiger partial charge in [-0.05, 0) is 51.5 Å². The van der Waals surface area contributed by atoms with Crippen molar-refractivity contribution in [1.82, 2.24) is 0 Å². The van der Waals surface area contributed by atoms with Crippen LogP contribution in [0.3, 0.4) is 0 Å². The zero-order valence-corrected chi connectivity index (χ0v) is 19.2. The second-order valence-electron chi connectivity index (χ2n) is 6.48. The summed E-state index contributed by atoms with van der Waals surface area (Å²) in [6, 6.07) is 10.6. The minimum Gasteiger partial charge on any atom is -0.376 e. The van der Waals surface area contributed by atoms with Crippen molar-refractivity contribution in [3.05, 3.63) is 69.0 Å². The number of aldehydes is 1. The van der Waals surface area contributed by atoms with Crippen molar-refractivity contribution >= 4 is 52.1 Å². The van der Waals surface area contributed by atoms with Crippen molar-refractivity contribution in [2.45, 2.75) is 32.6 Å². The van der Waals surface area contributed by atoms with Crippen LogP contribution in [0.25, 0.3) is 0 Å². The molecule has 0 aliphatic carbocycles. The normalized spacial score (nSPS) is 13.6. The summed E-state index contributed by atoms with van der Waals surface area (Å²) in [6.45, 7) is 7.11. The van der Waals surface area contributed by atoms with E-state index in [1.807, 2.05) is 32.0 Å². The monoisotopic (exact) mass is 452 g/mol. The summed E-state index contributed by atoms with van der Waals surface area (Å²) in [4.78, 5) is 17.9. The van der Waals surface area contributed by atoms with Crippen molar-refractivity contribution in [2.75, 3.05) is 11.9 Å². The van der Waals surface area contributed by atoms with Gasteiger partial charge in [0, 0.05) is 7.05 Å². The summed E-state index contributed by atoms with van der Waals surface area (Å²) in [7, 11) is 1.77. The van der Waals surface area contributed by atoms with Crippen LogP contribution in [0.2, 0.25) is 10.0 Å². The highest BCUT2D eigenvalue weighted by atomic mass is 35.5. The van der Waals surface area contributed by atoms with Gasteiger partial charge in [-0.3, -0.25) is 4.79 Å². The predicted octanol–water partition coefficient (Wildman–Crippen LogP) is 5.63. The van der Waals surface area contributed by atoms with Crippen LogP contribution >= 0.6 is 23.2 Å². The van der Waals surface area contributed by atoms with E-state index in [1.54, 1.807) is 44.0 Å². The van der Waals surface area contributed by atoms with Crippen LogP contribution in [0.4, 0.5) is 5.69 Å². The molecule has 0 fully saturated rings. The molecule has 0 heterocycles. The van der Waals surface area contributed by atoms with Gasteiger partial charge in [0.1, 0.15) is 5.84 Å². The third kappa shape index (κ3) is 5.69. The van der Waals surface area contributed by atoms with Crippen LogP contribution in [-0.4, -0.2) is 23.4 Å². The molecule has 0 aromatic heterocycles. The minimum atomic E-state index is -1.82. The Hall–Kier alpha value is -2.15. The smallest absolute Gasteiger partial charge is 0.242 e. The van der Waals surface area contributed by atoms with Crippen molar-refractivity contribution in [2.24, 2.45) is 4.99 Å².